The first-order valence-corrected chi connectivity index (χ1v) is 20.3. The average Bonchev–Trinajstić information content (AvgIpc) is 3.43. The largest absolute Gasteiger partial charge is 0.481 e. The Balaban J connectivity index is 2.56. The number of nitrogens with one attached hydrogen (secondary N) is 2. The first kappa shape index (κ1) is 50.3. The first-order chi connectivity index (χ1) is 26.8. The third-order valence-electron chi connectivity index (χ3n) is 10.1. The number of carbonyl (C=O) groups excluding carboxylic acids is 5. The standard InChI is InChI=1S/C45H71N5O9/c1-27(2)33(25-28(3)37(53)46-31(22-20-24-34(51)52)40(56)58-43(7,8)9)49(16)39(55)35(42(4,5)6)47-38(54)36(50(17)41(57)59-44(10,11)12)45(13,14)30-26-48(15)32-23-19-18-21-29(30)32/h18-19,21,23,25-27,31,33,35-36H,20,22,24H2,1-17H3,(H,46,53)(H,47,54)(H,51,52)/b28-25+. The minimum Gasteiger partial charge on any atom is -0.481 e. The van der Waals surface area contributed by atoms with E-state index in [1.807, 2.05) is 90.5 Å². The molecule has 3 N–H and O–H groups in total. The van der Waals surface area contributed by atoms with E-state index in [2.05, 4.69) is 10.6 Å². The van der Waals surface area contributed by atoms with Gasteiger partial charge < -0.3 is 34.7 Å². The molecule has 0 spiro atoms. The van der Waals surface area contributed by atoms with Gasteiger partial charge in [0.2, 0.25) is 17.7 Å². The Morgan fingerprint density at radius 3 is 1.92 bits per heavy atom. The highest BCUT2D eigenvalue weighted by molar-refractivity contribution is 5.97. The number of aryl methyl sites for hydroxylation is 1. The average molecular weight is 826 g/mol. The van der Waals surface area contributed by atoms with Gasteiger partial charge in [0.25, 0.3) is 0 Å². The molecule has 4 unspecified atom stereocenters. The van der Waals surface area contributed by atoms with E-state index in [9.17, 15) is 28.8 Å². The van der Waals surface area contributed by atoms with Crippen LogP contribution in [0.25, 0.3) is 10.9 Å². The summed E-state index contributed by atoms with van der Waals surface area (Å²) in [5.74, 6) is -3.45. The van der Waals surface area contributed by atoms with Gasteiger partial charge >= 0.3 is 18.0 Å². The zero-order chi connectivity index (χ0) is 45.6. The van der Waals surface area contributed by atoms with Gasteiger partial charge in [-0.25, -0.2) is 9.59 Å². The SMILES string of the molecule is C/C(=C\C(C(C)C)N(C)C(=O)C(NC(=O)C(N(C)C(=O)OC(C)(C)C)C(C)(C)c1cn(C)c2ccccc12)C(C)(C)C)C(=O)NC(CCCC(=O)O)C(=O)OC(C)(C)C. The molecule has 0 aliphatic carbocycles. The van der Waals surface area contributed by atoms with Crippen molar-refractivity contribution in [2.24, 2.45) is 18.4 Å². The Hall–Kier alpha value is -4.88. The zero-order valence-corrected chi connectivity index (χ0v) is 38.5. The number of ether oxygens (including phenoxy) is 2. The maximum Gasteiger partial charge on any atom is 0.410 e. The summed E-state index contributed by atoms with van der Waals surface area (Å²) in [6.07, 6.45) is 2.92. The molecule has 4 amide bonds. The Morgan fingerprint density at radius 2 is 1.41 bits per heavy atom. The molecule has 0 radical (unpaired) electrons. The lowest BCUT2D eigenvalue weighted by Gasteiger charge is -2.42. The van der Waals surface area contributed by atoms with Crippen LogP contribution in [0.1, 0.15) is 122 Å². The minimum atomic E-state index is -1.13. The van der Waals surface area contributed by atoms with Crippen molar-refractivity contribution in [3.05, 3.63) is 47.7 Å². The van der Waals surface area contributed by atoms with E-state index >= 15 is 0 Å². The maximum absolute atomic E-state index is 14.9. The van der Waals surface area contributed by atoms with E-state index < -0.39 is 82.0 Å². The third-order valence-corrected chi connectivity index (χ3v) is 10.1. The number of aliphatic carboxylic acids is 1. The summed E-state index contributed by atoms with van der Waals surface area (Å²) in [4.78, 5) is 83.8. The maximum atomic E-state index is 14.9. The molecular weight excluding hydrogens is 755 g/mol. The minimum absolute atomic E-state index is 0.0562. The molecular formula is C45H71N5O9. The van der Waals surface area contributed by atoms with Gasteiger partial charge in [-0.1, -0.05) is 72.7 Å². The van der Waals surface area contributed by atoms with Crippen LogP contribution in [-0.2, 0) is 45.9 Å². The molecule has 0 aliphatic heterocycles. The van der Waals surface area contributed by atoms with E-state index in [1.165, 1.54) is 16.8 Å². The van der Waals surface area contributed by atoms with E-state index in [0.717, 1.165) is 16.5 Å². The van der Waals surface area contributed by atoms with Crippen molar-refractivity contribution in [3.63, 3.8) is 0 Å². The lowest BCUT2D eigenvalue weighted by molar-refractivity contribution is -0.158. The highest BCUT2D eigenvalue weighted by Crippen LogP contribution is 2.37. The number of nitrogens with zero attached hydrogens (tertiary/aromatic N) is 3. The van der Waals surface area contributed by atoms with Crippen molar-refractivity contribution in [2.45, 2.75) is 157 Å². The van der Waals surface area contributed by atoms with Gasteiger partial charge in [0.05, 0.1) is 6.04 Å². The quantitative estimate of drug-likeness (QED) is 0.122. The number of fused-ring (bicyclic) bond motifs is 1. The summed E-state index contributed by atoms with van der Waals surface area (Å²) in [7, 11) is 5.06. The monoisotopic (exact) mass is 826 g/mol. The van der Waals surface area contributed by atoms with E-state index in [4.69, 9.17) is 14.6 Å². The van der Waals surface area contributed by atoms with Gasteiger partial charge in [0.15, 0.2) is 0 Å². The van der Waals surface area contributed by atoms with Crippen LogP contribution in [0, 0.1) is 11.3 Å². The Kier molecular flexibility index (Phi) is 16.6. The number of carboxylic acids is 1. The van der Waals surface area contributed by atoms with Crippen LogP contribution < -0.4 is 10.6 Å². The second-order valence-corrected chi connectivity index (χ2v) is 19.6. The molecule has 0 aliphatic rings. The van der Waals surface area contributed by atoms with Gasteiger partial charge in [-0.2, -0.15) is 0 Å². The number of benzene rings is 1. The van der Waals surface area contributed by atoms with Gasteiger partial charge in [-0.3, -0.25) is 24.1 Å². The van der Waals surface area contributed by atoms with Crippen LogP contribution in [0.5, 0.6) is 0 Å². The number of amides is 4. The summed E-state index contributed by atoms with van der Waals surface area (Å²) in [6.45, 7) is 25.0. The number of hydrogen-bond donors (Lipinski definition) is 3. The fourth-order valence-corrected chi connectivity index (χ4v) is 7.08. The molecule has 1 aromatic heterocycles. The zero-order valence-electron chi connectivity index (χ0n) is 38.5. The lowest BCUT2D eigenvalue weighted by Crippen LogP contribution is -2.63. The molecule has 0 saturated carbocycles. The van der Waals surface area contributed by atoms with Gasteiger partial charge in [-0.15, -0.1) is 0 Å². The van der Waals surface area contributed by atoms with E-state index in [0.29, 0.717) is 0 Å². The molecule has 330 valence electrons. The van der Waals surface area contributed by atoms with Crippen LogP contribution in [0.15, 0.2) is 42.1 Å². The number of esters is 1. The highest BCUT2D eigenvalue weighted by atomic mass is 16.6. The van der Waals surface area contributed by atoms with Crippen molar-refractivity contribution < 1.29 is 43.3 Å². The second kappa shape index (κ2) is 19.5. The number of likely N-dealkylation sites (N-methyl/N-ethyl adjacent to an activating group) is 2. The van der Waals surface area contributed by atoms with Crippen molar-refractivity contribution in [2.75, 3.05) is 14.1 Å². The van der Waals surface area contributed by atoms with E-state index in [1.54, 1.807) is 61.6 Å². The number of para-hydroxylation sites is 1. The van der Waals surface area contributed by atoms with E-state index in [-0.39, 0.29) is 30.8 Å². The predicted octanol–water partition coefficient (Wildman–Crippen LogP) is 6.73. The fourth-order valence-electron chi connectivity index (χ4n) is 7.08. The Labute approximate surface area is 351 Å². The van der Waals surface area contributed by atoms with Crippen LogP contribution in [0.3, 0.4) is 0 Å². The molecule has 4 atom stereocenters. The molecule has 1 aromatic carbocycles. The number of rotatable bonds is 16. The van der Waals surface area contributed by atoms with Gasteiger partial charge in [0, 0.05) is 55.7 Å². The summed E-state index contributed by atoms with van der Waals surface area (Å²) < 4.78 is 13.2. The second-order valence-electron chi connectivity index (χ2n) is 19.6. The Bertz CT molecular complexity index is 1870. The molecule has 59 heavy (non-hydrogen) atoms. The molecule has 14 heteroatoms. The highest BCUT2D eigenvalue weighted by Gasteiger charge is 2.47. The normalized spacial score (nSPS) is 14.8. The number of hydrogen-bond acceptors (Lipinski definition) is 8. The molecule has 2 aromatic rings. The summed E-state index contributed by atoms with van der Waals surface area (Å²) in [5, 5.41) is 15.8. The number of carbonyl (C=O) groups is 6. The topological polar surface area (TPSA) is 177 Å². The van der Waals surface area contributed by atoms with Crippen molar-refractivity contribution >= 4 is 46.7 Å². The molecule has 1 heterocycles. The molecule has 0 saturated heterocycles. The predicted molar refractivity (Wildman–Crippen MR) is 230 cm³/mol. The lowest BCUT2D eigenvalue weighted by atomic mass is 9.76. The number of aromatic nitrogens is 1. The molecule has 2 rings (SSSR count). The van der Waals surface area contributed by atoms with Crippen LogP contribution in [-0.4, -0.2) is 105 Å². The fraction of sp³-hybridized carbons (Fsp3) is 0.644. The van der Waals surface area contributed by atoms with Crippen molar-refractivity contribution in [3.8, 4) is 0 Å². The van der Waals surface area contributed by atoms with Gasteiger partial charge in [0.1, 0.15) is 29.3 Å². The summed E-state index contributed by atoms with van der Waals surface area (Å²) in [6, 6.07) is 3.89. The van der Waals surface area contributed by atoms with Crippen molar-refractivity contribution in [1.82, 2.24) is 25.0 Å². The Morgan fingerprint density at radius 1 is 0.847 bits per heavy atom. The molecule has 14 nitrogen and oxygen atoms in total. The number of carboxylic acid groups (broad SMARTS) is 1. The van der Waals surface area contributed by atoms with Crippen LogP contribution in [0.2, 0.25) is 0 Å². The summed E-state index contributed by atoms with van der Waals surface area (Å²) in [5.41, 5.74) is -1.47. The van der Waals surface area contributed by atoms with Crippen LogP contribution >= 0.6 is 0 Å². The smallest absolute Gasteiger partial charge is 0.410 e. The van der Waals surface area contributed by atoms with Crippen molar-refractivity contribution in [1.29, 1.82) is 0 Å². The molecule has 0 fully saturated rings. The summed E-state index contributed by atoms with van der Waals surface area (Å²) >= 11 is 0. The molecule has 0 bridgehead atoms. The first-order valence-electron chi connectivity index (χ1n) is 20.3. The van der Waals surface area contributed by atoms with Crippen LogP contribution in [0.4, 0.5) is 4.79 Å². The van der Waals surface area contributed by atoms with Gasteiger partial charge in [-0.05, 0) is 84.3 Å². The third kappa shape index (κ3) is 13.8.